The highest BCUT2D eigenvalue weighted by atomic mass is 16.5. The number of carbonyl (C=O) groups excluding carboxylic acids is 1. The zero-order chi connectivity index (χ0) is 23.2. The van der Waals surface area contributed by atoms with Crippen molar-refractivity contribution in [1.82, 2.24) is 20.9 Å². The van der Waals surface area contributed by atoms with Gasteiger partial charge in [-0.3, -0.25) is 9.69 Å². The number of nitrogens with one attached hydrogen (secondary N) is 3. The van der Waals surface area contributed by atoms with Gasteiger partial charge in [-0.1, -0.05) is 13.0 Å². The number of nitrogens with zero attached hydrogens (tertiary/aromatic N) is 2. The first-order chi connectivity index (χ1) is 15.6. The van der Waals surface area contributed by atoms with E-state index in [1.807, 2.05) is 25.1 Å². The Morgan fingerprint density at radius 1 is 1.22 bits per heavy atom. The van der Waals surface area contributed by atoms with E-state index in [-0.39, 0.29) is 19.1 Å². The number of methoxy groups -OCH3 is 1. The molecule has 9 heteroatoms. The Balaban J connectivity index is 1.87. The van der Waals surface area contributed by atoms with Crippen LogP contribution in [0.2, 0.25) is 0 Å². The molecule has 1 aromatic rings. The Morgan fingerprint density at radius 3 is 2.66 bits per heavy atom. The number of aliphatic hydroxyl groups excluding tert-OH is 1. The number of aliphatic hydroxyl groups is 1. The van der Waals surface area contributed by atoms with Crippen LogP contribution in [-0.4, -0.2) is 81.0 Å². The summed E-state index contributed by atoms with van der Waals surface area (Å²) in [5, 5.41) is 18.7. The first kappa shape index (κ1) is 25.7. The average molecular weight is 450 g/mol. The van der Waals surface area contributed by atoms with E-state index in [9.17, 15) is 4.79 Å². The van der Waals surface area contributed by atoms with Gasteiger partial charge in [0.25, 0.3) is 0 Å². The van der Waals surface area contributed by atoms with Gasteiger partial charge in [0.15, 0.2) is 17.5 Å². The molecule has 1 aliphatic rings. The van der Waals surface area contributed by atoms with Crippen molar-refractivity contribution < 1.29 is 19.4 Å². The molecule has 1 amide bonds. The molecule has 1 aliphatic heterocycles. The fraction of sp³-hybridized carbons (Fsp3) is 0.652. The van der Waals surface area contributed by atoms with Gasteiger partial charge in [0, 0.05) is 32.2 Å². The Bertz CT molecular complexity index is 720. The summed E-state index contributed by atoms with van der Waals surface area (Å²) in [5.74, 6) is 2.12. The smallest absolute Gasteiger partial charge is 0.234 e. The standard InChI is InChI=1S/C23H39N5O4/c1-4-10-25-22(30)17-28-11-8-19(9-12-28)27-23(24-5-2)26-16-18-6-7-20(32-14-13-29)21(15-18)31-3/h6-7,15,19,29H,4-5,8-14,16-17H2,1-3H3,(H,25,30)(H2,24,26,27). The Kier molecular flexibility index (Phi) is 11.7. The number of piperidine rings is 1. The van der Waals surface area contributed by atoms with Gasteiger partial charge in [-0.15, -0.1) is 0 Å². The second-order valence-electron chi connectivity index (χ2n) is 7.80. The minimum Gasteiger partial charge on any atom is -0.493 e. The lowest BCUT2D eigenvalue weighted by molar-refractivity contribution is -0.122. The van der Waals surface area contributed by atoms with Gasteiger partial charge < -0.3 is 30.5 Å². The van der Waals surface area contributed by atoms with Crippen molar-refractivity contribution >= 4 is 11.9 Å². The minimum absolute atomic E-state index is 0.0438. The van der Waals surface area contributed by atoms with Crippen LogP contribution < -0.4 is 25.4 Å². The number of aliphatic imine (C=N–C) groups is 1. The zero-order valence-electron chi connectivity index (χ0n) is 19.7. The molecule has 32 heavy (non-hydrogen) atoms. The van der Waals surface area contributed by atoms with Gasteiger partial charge in [-0.25, -0.2) is 4.99 Å². The van der Waals surface area contributed by atoms with E-state index >= 15 is 0 Å². The van der Waals surface area contributed by atoms with Crippen molar-refractivity contribution in [3.05, 3.63) is 23.8 Å². The van der Waals surface area contributed by atoms with Crippen LogP contribution in [0.1, 0.15) is 38.7 Å². The molecule has 1 saturated heterocycles. The highest BCUT2D eigenvalue weighted by molar-refractivity contribution is 5.80. The van der Waals surface area contributed by atoms with Crippen molar-refractivity contribution in [3.63, 3.8) is 0 Å². The molecule has 1 aromatic carbocycles. The lowest BCUT2D eigenvalue weighted by Gasteiger charge is -2.32. The van der Waals surface area contributed by atoms with E-state index in [0.29, 0.717) is 30.6 Å². The molecule has 180 valence electrons. The number of hydrogen-bond donors (Lipinski definition) is 4. The summed E-state index contributed by atoms with van der Waals surface area (Å²) in [6.45, 7) is 8.56. The van der Waals surface area contributed by atoms with Crippen LogP contribution in [0, 0.1) is 0 Å². The number of guanidine groups is 1. The fourth-order valence-corrected chi connectivity index (χ4v) is 3.53. The predicted octanol–water partition coefficient (Wildman–Crippen LogP) is 1.11. The molecule has 4 N–H and O–H groups in total. The molecule has 1 fully saturated rings. The number of benzene rings is 1. The van der Waals surface area contributed by atoms with E-state index < -0.39 is 0 Å². The molecule has 0 unspecified atom stereocenters. The normalized spacial score (nSPS) is 15.3. The van der Waals surface area contributed by atoms with Gasteiger partial charge in [-0.2, -0.15) is 0 Å². The molecule has 0 spiro atoms. The lowest BCUT2D eigenvalue weighted by atomic mass is 10.1. The molecule has 0 aromatic heterocycles. The van der Waals surface area contributed by atoms with Crippen molar-refractivity contribution in [2.75, 3.05) is 53.0 Å². The Hall–Kier alpha value is -2.52. The van der Waals surface area contributed by atoms with Crippen molar-refractivity contribution in [3.8, 4) is 11.5 Å². The van der Waals surface area contributed by atoms with Crippen LogP contribution in [0.4, 0.5) is 0 Å². The van der Waals surface area contributed by atoms with Gasteiger partial charge in [0.05, 0.1) is 26.8 Å². The number of carbonyl (C=O) groups is 1. The topological polar surface area (TPSA) is 107 Å². The summed E-state index contributed by atoms with van der Waals surface area (Å²) >= 11 is 0. The summed E-state index contributed by atoms with van der Waals surface area (Å²) in [7, 11) is 1.60. The molecular weight excluding hydrogens is 410 g/mol. The maximum absolute atomic E-state index is 11.9. The molecule has 0 bridgehead atoms. The molecule has 0 radical (unpaired) electrons. The molecule has 1 heterocycles. The highest BCUT2D eigenvalue weighted by Crippen LogP contribution is 2.28. The summed E-state index contributed by atoms with van der Waals surface area (Å²) in [4.78, 5) is 18.9. The summed E-state index contributed by atoms with van der Waals surface area (Å²) in [5.41, 5.74) is 1.00. The van der Waals surface area contributed by atoms with Crippen LogP contribution in [-0.2, 0) is 11.3 Å². The lowest BCUT2D eigenvalue weighted by Crippen LogP contribution is -2.50. The number of likely N-dealkylation sites (tertiary alicyclic amines) is 1. The molecular formula is C23H39N5O4. The number of rotatable bonds is 12. The van der Waals surface area contributed by atoms with Crippen LogP contribution >= 0.6 is 0 Å². The van der Waals surface area contributed by atoms with Crippen molar-refractivity contribution in [2.24, 2.45) is 4.99 Å². The van der Waals surface area contributed by atoms with E-state index in [1.54, 1.807) is 7.11 Å². The van der Waals surface area contributed by atoms with Crippen molar-refractivity contribution in [2.45, 2.75) is 45.7 Å². The Morgan fingerprint density at radius 2 is 2.00 bits per heavy atom. The fourth-order valence-electron chi connectivity index (χ4n) is 3.53. The summed E-state index contributed by atoms with van der Waals surface area (Å²) < 4.78 is 10.9. The van der Waals surface area contributed by atoms with Crippen LogP contribution in [0.25, 0.3) is 0 Å². The van der Waals surface area contributed by atoms with Crippen LogP contribution in [0.15, 0.2) is 23.2 Å². The molecule has 2 rings (SSSR count). The van der Waals surface area contributed by atoms with E-state index in [1.165, 1.54) is 0 Å². The SMILES string of the molecule is CCCNC(=O)CN1CCC(NC(=NCc2ccc(OCCO)c(OC)c2)NCC)CC1. The third-order valence-corrected chi connectivity index (χ3v) is 5.21. The van der Waals surface area contributed by atoms with Gasteiger partial charge in [0.2, 0.25) is 5.91 Å². The minimum atomic E-state index is -0.0438. The van der Waals surface area contributed by atoms with Crippen LogP contribution in [0.5, 0.6) is 11.5 Å². The molecule has 0 atom stereocenters. The second-order valence-corrected chi connectivity index (χ2v) is 7.80. The summed E-state index contributed by atoms with van der Waals surface area (Å²) in [6.07, 6.45) is 2.89. The first-order valence-electron chi connectivity index (χ1n) is 11.5. The largest absolute Gasteiger partial charge is 0.493 e. The molecule has 0 saturated carbocycles. The number of amides is 1. The number of ether oxygens (including phenoxy) is 2. The third-order valence-electron chi connectivity index (χ3n) is 5.21. The highest BCUT2D eigenvalue weighted by Gasteiger charge is 2.21. The molecule has 9 nitrogen and oxygen atoms in total. The maximum Gasteiger partial charge on any atom is 0.234 e. The zero-order valence-corrected chi connectivity index (χ0v) is 19.7. The molecule has 0 aliphatic carbocycles. The van der Waals surface area contributed by atoms with Gasteiger partial charge in [-0.05, 0) is 43.9 Å². The van der Waals surface area contributed by atoms with Gasteiger partial charge >= 0.3 is 0 Å². The predicted molar refractivity (Wildman–Crippen MR) is 126 cm³/mol. The quantitative estimate of drug-likeness (QED) is 0.280. The van der Waals surface area contributed by atoms with E-state index in [0.717, 1.165) is 57.0 Å². The van der Waals surface area contributed by atoms with E-state index in [4.69, 9.17) is 19.6 Å². The van der Waals surface area contributed by atoms with Crippen molar-refractivity contribution in [1.29, 1.82) is 0 Å². The third kappa shape index (κ3) is 8.92. The average Bonchev–Trinajstić information content (AvgIpc) is 2.81. The first-order valence-corrected chi connectivity index (χ1v) is 11.5. The maximum atomic E-state index is 11.9. The van der Waals surface area contributed by atoms with Gasteiger partial charge in [0.1, 0.15) is 6.61 Å². The summed E-state index contributed by atoms with van der Waals surface area (Å²) in [6, 6.07) is 6.02. The second kappa shape index (κ2) is 14.5. The number of hydrogen-bond acceptors (Lipinski definition) is 6. The Labute approximate surface area is 191 Å². The van der Waals surface area contributed by atoms with Crippen LogP contribution in [0.3, 0.4) is 0 Å². The van der Waals surface area contributed by atoms with E-state index in [2.05, 4.69) is 27.8 Å². The monoisotopic (exact) mass is 449 g/mol.